The van der Waals surface area contributed by atoms with Gasteiger partial charge in [0.1, 0.15) is 11.5 Å². The van der Waals surface area contributed by atoms with Gasteiger partial charge in [0.25, 0.3) is 0 Å². The van der Waals surface area contributed by atoms with Crippen LogP contribution in [0.25, 0.3) is 6.08 Å². The van der Waals surface area contributed by atoms with Gasteiger partial charge in [-0.25, -0.2) is 4.79 Å². The Morgan fingerprint density at radius 3 is 2.37 bits per heavy atom. The minimum absolute atomic E-state index is 0.211. The second kappa shape index (κ2) is 8.05. The quantitative estimate of drug-likeness (QED) is 0.329. The van der Waals surface area contributed by atoms with Crippen LogP contribution in [0.1, 0.15) is 26.3 Å². The van der Waals surface area contributed by atoms with E-state index in [2.05, 4.69) is 0 Å². The lowest BCUT2D eigenvalue weighted by Gasteiger charge is -2.11. The molecule has 0 aromatic heterocycles. The molecule has 5 nitrogen and oxygen atoms in total. The van der Waals surface area contributed by atoms with Crippen LogP contribution in [0.2, 0.25) is 5.02 Å². The summed E-state index contributed by atoms with van der Waals surface area (Å²) in [5, 5.41) is 0.534. The monoisotopic (exact) mass is 419 g/mol. The number of carbonyl (C=O) groups excluding carboxylic acids is 2. The maximum atomic E-state index is 12.6. The summed E-state index contributed by atoms with van der Waals surface area (Å²) >= 11 is 5.84. The van der Waals surface area contributed by atoms with Gasteiger partial charge < -0.3 is 14.4 Å². The third-order valence-electron chi connectivity index (χ3n) is 4.64. The van der Waals surface area contributed by atoms with Crippen molar-refractivity contribution in [3.63, 3.8) is 0 Å². The lowest BCUT2D eigenvalue weighted by atomic mass is 10.1. The molecule has 1 heterocycles. The van der Waals surface area contributed by atoms with Crippen molar-refractivity contribution in [3.05, 3.63) is 94.2 Å². The largest absolute Gasteiger partial charge is 0.452 e. The number of benzene rings is 3. The first-order valence-corrected chi connectivity index (χ1v) is 9.62. The van der Waals surface area contributed by atoms with Crippen LogP contribution in [0.5, 0.6) is 11.5 Å². The van der Waals surface area contributed by atoms with E-state index in [0.29, 0.717) is 21.9 Å². The Hall–Kier alpha value is -3.57. The number of halogens is 1. The number of hydrogen-bond acceptors (Lipinski definition) is 5. The smallest absolute Gasteiger partial charge is 0.343 e. The SMILES string of the molecule is CN(C)c1ccc(/C=C2\Oc3cc(OC(=O)c4ccc(Cl)cc4)ccc3C2=O)cc1. The molecule has 0 spiro atoms. The van der Waals surface area contributed by atoms with Crippen LogP contribution in [-0.4, -0.2) is 25.8 Å². The van der Waals surface area contributed by atoms with E-state index >= 15 is 0 Å². The van der Waals surface area contributed by atoms with E-state index in [4.69, 9.17) is 21.1 Å². The van der Waals surface area contributed by atoms with Gasteiger partial charge in [-0.15, -0.1) is 0 Å². The fourth-order valence-corrected chi connectivity index (χ4v) is 3.13. The van der Waals surface area contributed by atoms with Crippen LogP contribution in [-0.2, 0) is 0 Å². The van der Waals surface area contributed by atoms with Gasteiger partial charge in [-0.05, 0) is 60.2 Å². The second-order valence-electron chi connectivity index (χ2n) is 6.98. The number of hydrogen-bond donors (Lipinski definition) is 0. The molecule has 0 bridgehead atoms. The molecule has 6 heteroatoms. The van der Waals surface area contributed by atoms with Gasteiger partial charge in [0.05, 0.1) is 11.1 Å². The van der Waals surface area contributed by atoms with Gasteiger partial charge in [0.2, 0.25) is 5.78 Å². The molecule has 3 aromatic carbocycles. The first-order valence-electron chi connectivity index (χ1n) is 9.24. The van der Waals surface area contributed by atoms with Crippen LogP contribution in [0.4, 0.5) is 5.69 Å². The molecule has 30 heavy (non-hydrogen) atoms. The molecule has 0 saturated heterocycles. The molecule has 0 saturated carbocycles. The highest BCUT2D eigenvalue weighted by atomic mass is 35.5. The van der Waals surface area contributed by atoms with Crippen molar-refractivity contribution in [1.29, 1.82) is 0 Å². The maximum Gasteiger partial charge on any atom is 0.343 e. The summed E-state index contributed by atoms with van der Waals surface area (Å²) in [6.45, 7) is 0. The highest BCUT2D eigenvalue weighted by Crippen LogP contribution is 2.35. The normalized spacial score (nSPS) is 13.7. The molecule has 0 atom stereocenters. The average molecular weight is 420 g/mol. The molecule has 3 aromatic rings. The van der Waals surface area contributed by atoms with Crippen molar-refractivity contribution in [3.8, 4) is 11.5 Å². The number of Topliss-reactive ketones (excluding diaryl/α,β-unsaturated/α-hetero) is 1. The molecule has 1 aliphatic rings. The summed E-state index contributed by atoms with van der Waals surface area (Å²) in [7, 11) is 3.93. The van der Waals surface area contributed by atoms with E-state index in [0.717, 1.165) is 11.3 Å². The molecular weight excluding hydrogens is 402 g/mol. The molecule has 4 rings (SSSR count). The standard InChI is InChI=1S/C24H18ClNO4/c1-26(2)18-9-3-15(4-10-18)13-22-23(27)20-12-11-19(14-21(20)30-22)29-24(28)16-5-7-17(25)8-6-16/h3-14H,1-2H3/b22-13-. The Morgan fingerprint density at radius 2 is 1.70 bits per heavy atom. The van der Waals surface area contributed by atoms with Gasteiger partial charge >= 0.3 is 5.97 Å². The summed E-state index contributed by atoms with van der Waals surface area (Å²) in [4.78, 5) is 26.9. The van der Waals surface area contributed by atoms with Crippen LogP contribution >= 0.6 is 11.6 Å². The van der Waals surface area contributed by atoms with Crippen LogP contribution in [0.3, 0.4) is 0 Å². The van der Waals surface area contributed by atoms with Crippen molar-refractivity contribution >= 4 is 35.1 Å². The zero-order valence-electron chi connectivity index (χ0n) is 16.4. The molecule has 0 aliphatic carbocycles. The number of fused-ring (bicyclic) bond motifs is 1. The first-order chi connectivity index (χ1) is 14.4. The van der Waals surface area contributed by atoms with Crippen molar-refractivity contribution in [1.82, 2.24) is 0 Å². The molecule has 0 fully saturated rings. The highest BCUT2D eigenvalue weighted by Gasteiger charge is 2.28. The van der Waals surface area contributed by atoms with E-state index < -0.39 is 5.97 Å². The molecule has 0 amide bonds. The topological polar surface area (TPSA) is 55.8 Å². The Kier molecular flexibility index (Phi) is 5.29. The fourth-order valence-electron chi connectivity index (χ4n) is 3.00. The van der Waals surface area contributed by atoms with Crippen LogP contribution in [0.15, 0.2) is 72.5 Å². The van der Waals surface area contributed by atoms with E-state index in [-0.39, 0.29) is 17.3 Å². The molecule has 0 unspecified atom stereocenters. The zero-order chi connectivity index (χ0) is 21.3. The van der Waals surface area contributed by atoms with E-state index in [1.807, 2.05) is 43.3 Å². The van der Waals surface area contributed by atoms with Gasteiger partial charge in [0, 0.05) is 30.9 Å². The molecule has 0 N–H and O–H groups in total. The number of rotatable bonds is 4. The lowest BCUT2D eigenvalue weighted by molar-refractivity contribution is 0.0734. The zero-order valence-corrected chi connectivity index (χ0v) is 17.1. The van der Waals surface area contributed by atoms with Gasteiger partial charge in [-0.2, -0.15) is 0 Å². The second-order valence-corrected chi connectivity index (χ2v) is 7.42. The molecular formula is C24H18ClNO4. The van der Waals surface area contributed by atoms with Crippen molar-refractivity contribution in [2.75, 3.05) is 19.0 Å². The number of ether oxygens (including phenoxy) is 2. The van der Waals surface area contributed by atoms with Gasteiger partial charge in [0.15, 0.2) is 5.76 Å². The number of allylic oxidation sites excluding steroid dienone is 1. The number of ketones is 1. The number of nitrogens with zero attached hydrogens (tertiary/aromatic N) is 1. The summed E-state index contributed by atoms with van der Waals surface area (Å²) < 4.78 is 11.1. The Bertz CT molecular complexity index is 1150. The van der Waals surface area contributed by atoms with E-state index in [1.54, 1.807) is 42.5 Å². The minimum atomic E-state index is -0.521. The number of carbonyl (C=O) groups is 2. The highest BCUT2D eigenvalue weighted by molar-refractivity contribution is 6.30. The Balaban J connectivity index is 1.52. The number of esters is 1. The maximum absolute atomic E-state index is 12.6. The minimum Gasteiger partial charge on any atom is -0.452 e. The number of anilines is 1. The van der Waals surface area contributed by atoms with Gasteiger partial charge in [-0.1, -0.05) is 23.7 Å². The fraction of sp³-hybridized carbons (Fsp3) is 0.0833. The summed E-state index contributed by atoms with van der Waals surface area (Å²) in [5.74, 6) is 0.143. The first kappa shape index (κ1) is 19.7. The van der Waals surface area contributed by atoms with E-state index in [9.17, 15) is 9.59 Å². The average Bonchev–Trinajstić information content (AvgIpc) is 3.03. The third-order valence-corrected chi connectivity index (χ3v) is 4.89. The predicted molar refractivity (Wildman–Crippen MR) is 117 cm³/mol. The van der Waals surface area contributed by atoms with Crippen molar-refractivity contribution in [2.24, 2.45) is 0 Å². The third kappa shape index (κ3) is 4.07. The Labute approximate surface area is 179 Å². The molecule has 0 radical (unpaired) electrons. The van der Waals surface area contributed by atoms with E-state index in [1.165, 1.54) is 6.07 Å². The van der Waals surface area contributed by atoms with Crippen molar-refractivity contribution < 1.29 is 19.1 Å². The lowest BCUT2D eigenvalue weighted by Crippen LogP contribution is -2.08. The summed E-state index contributed by atoms with van der Waals surface area (Å²) in [6, 6.07) is 18.9. The van der Waals surface area contributed by atoms with Crippen LogP contribution in [0, 0.1) is 0 Å². The van der Waals surface area contributed by atoms with Crippen molar-refractivity contribution in [2.45, 2.75) is 0 Å². The van der Waals surface area contributed by atoms with Gasteiger partial charge in [-0.3, -0.25) is 4.79 Å². The van der Waals surface area contributed by atoms with Crippen LogP contribution < -0.4 is 14.4 Å². The Morgan fingerprint density at radius 1 is 1.00 bits per heavy atom. The molecule has 150 valence electrons. The summed E-state index contributed by atoms with van der Waals surface area (Å²) in [5.41, 5.74) is 2.72. The molecule has 1 aliphatic heterocycles. The predicted octanol–water partition coefficient (Wildman–Crippen LogP) is 5.24. The summed E-state index contributed by atoms with van der Waals surface area (Å²) in [6.07, 6.45) is 1.70.